The molecule has 0 heterocycles. The fourth-order valence-corrected chi connectivity index (χ4v) is 2.07. The van der Waals surface area contributed by atoms with Crippen molar-refractivity contribution in [1.82, 2.24) is 4.90 Å². The molecule has 1 aromatic rings. The first-order chi connectivity index (χ1) is 8.49. The minimum absolute atomic E-state index is 0.109. The van der Waals surface area contributed by atoms with E-state index in [0.717, 1.165) is 25.0 Å². The molecule has 18 heavy (non-hydrogen) atoms. The number of carbonyl (C=O) groups is 1. The van der Waals surface area contributed by atoms with Crippen LogP contribution in [0, 0.1) is 11.6 Å². The third kappa shape index (κ3) is 2.98. The highest BCUT2D eigenvalue weighted by Crippen LogP contribution is 2.26. The number of likely N-dealkylation sites (N-methyl/N-ethyl adjacent to an activating group) is 1. The third-order valence-electron chi connectivity index (χ3n) is 2.91. The molecular formula is C12H13BrF2N2O. The van der Waals surface area contributed by atoms with Crippen molar-refractivity contribution in [2.45, 2.75) is 18.9 Å². The number of benzene rings is 1. The number of anilines is 1. The molecule has 1 fully saturated rings. The van der Waals surface area contributed by atoms with Crippen molar-refractivity contribution >= 4 is 27.5 Å². The van der Waals surface area contributed by atoms with Crippen molar-refractivity contribution in [2.75, 3.05) is 18.9 Å². The molecule has 1 amide bonds. The lowest BCUT2D eigenvalue weighted by atomic mass is 10.3. The van der Waals surface area contributed by atoms with E-state index in [1.165, 1.54) is 0 Å². The molecular weight excluding hydrogens is 306 g/mol. The van der Waals surface area contributed by atoms with Gasteiger partial charge < -0.3 is 10.2 Å². The Hall–Kier alpha value is -1.17. The molecule has 1 aromatic carbocycles. The maximum absolute atomic E-state index is 13.5. The smallest absolute Gasteiger partial charge is 0.241 e. The lowest BCUT2D eigenvalue weighted by Crippen LogP contribution is -2.34. The van der Waals surface area contributed by atoms with E-state index in [-0.39, 0.29) is 18.1 Å². The van der Waals surface area contributed by atoms with Gasteiger partial charge >= 0.3 is 0 Å². The minimum atomic E-state index is -0.719. The molecule has 0 radical (unpaired) electrons. The van der Waals surface area contributed by atoms with E-state index >= 15 is 0 Å². The summed E-state index contributed by atoms with van der Waals surface area (Å²) in [4.78, 5) is 13.3. The van der Waals surface area contributed by atoms with Gasteiger partial charge in [0.2, 0.25) is 5.91 Å². The molecule has 0 atom stereocenters. The summed E-state index contributed by atoms with van der Waals surface area (Å²) in [5.41, 5.74) is -0.268. The highest BCUT2D eigenvalue weighted by molar-refractivity contribution is 9.10. The Morgan fingerprint density at radius 2 is 2.00 bits per heavy atom. The van der Waals surface area contributed by atoms with Crippen LogP contribution in [0.3, 0.4) is 0 Å². The minimum Gasteiger partial charge on any atom is -0.371 e. The molecule has 0 unspecified atom stereocenters. The van der Waals surface area contributed by atoms with Gasteiger partial charge in [0.1, 0.15) is 17.3 Å². The molecule has 1 aliphatic carbocycles. The van der Waals surface area contributed by atoms with Gasteiger partial charge in [-0.2, -0.15) is 0 Å². The normalized spacial score (nSPS) is 14.4. The van der Waals surface area contributed by atoms with Crippen LogP contribution in [0.5, 0.6) is 0 Å². The van der Waals surface area contributed by atoms with Crippen molar-refractivity contribution in [3.63, 3.8) is 0 Å². The van der Waals surface area contributed by atoms with E-state index in [1.807, 2.05) is 0 Å². The highest BCUT2D eigenvalue weighted by atomic mass is 79.9. The van der Waals surface area contributed by atoms with Crippen LogP contribution in [0.25, 0.3) is 0 Å². The van der Waals surface area contributed by atoms with Gasteiger partial charge in [0.25, 0.3) is 0 Å². The predicted molar refractivity (Wildman–Crippen MR) is 68.3 cm³/mol. The van der Waals surface area contributed by atoms with Gasteiger partial charge in [-0.05, 0) is 25.0 Å². The van der Waals surface area contributed by atoms with Gasteiger partial charge in [-0.1, -0.05) is 15.9 Å². The number of halogens is 3. The number of hydrogen-bond donors (Lipinski definition) is 1. The zero-order valence-corrected chi connectivity index (χ0v) is 11.4. The maximum atomic E-state index is 13.5. The molecule has 6 heteroatoms. The lowest BCUT2D eigenvalue weighted by molar-refractivity contribution is -0.128. The second-order valence-electron chi connectivity index (χ2n) is 4.33. The molecule has 0 bridgehead atoms. The Morgan fingerprint density at radius 1 is 1.44 bits per heavy atom. The average molecular weight is 319 g/mol. The molecule has 0 saturated heterocycles. The second-order valence-corrected chi connectivity index (χ2v) is 5.25. The number of nitrogens with one attached hydrogen (secondary N) is 1. The quantitative estimate of drug-likeness (QED) is 0.925. The van der Waals surface area contributed by atoms with E-state index in [1.54, 1.807) is 11.9 Å². The lowest BCUT2D eigenvalue weighted by Gasteiger charge is -2.17. The van der Waals surface area contributed by atoms with Crippen molar-refractivity contribution < 1.29 is 13.6 Å². The van der Waals surface area contributed by atoms with Crippen molar-refractivity contribution in [3.8, 4) is 0 Å². The summed E-state index contributed by atoms with van der Waals surface area (Å²) in [7, 11) is 1.70. The predicted octanol–water partition coefficient (Wildman–Crippen LogP) is 2.76. The summed E-state index contributed by atoms with van der Waals surface area (Å²) in [5.74, 6) is -1.60. The first-order valence-corrected chi connectivity index (χ1v) is 6.42. The number of hydrogen-bond acceptors (Lipinski definition) is 2. The monoisotopic (exact) mass is 318 g/mol. The van der Waals surface area contributed by atoms with Gasteiger partial charge in [-0.25, -0.2) is 8.78 Å². The molecule has 1 aliphatic rings. The zero-order chi connectivity index (χ0) is 13.3. The Labute approximate surface area is 112 Å². The topological polar surface area (TPSA) is 32.3 Å². The number of rotatable bonds is 4. The van der Waals surface area contributed by atoms with Crippen LogP contribution < -0.4 is 5.32 Å². The van der Waals surface area contributed by atoms with Gasteiger partial charge in [-0.3, -0.25) is 4.79 Å². The summed E-state index contributed by atoms with van der Waals surface area (Å²) in [5, 5.41) is 2.51. The average Bonchev–Trinajstić information content (AvgIpc) is 3.09. The summed E-state index contributed by atoms with van der Waals surface area (Å²) in [6, 6.07) is 2.60. The number of carbonyl (C=O) groups excluding carboxylic acids is 1. The largest absolute Gasteiger partial charge is 0.371 e. The van der Waals surface area contributed by atoms with Gasteiger partial charge in [0.05, 0.1) is 6.54 Å². The summed E-state index contributed by atoms with van der Waals surface area (Å²) in [6.07, 6.45) is 2.01. The molecule has 98 valence electrons. The SMILES string of the molecule is CN(C(=O)CNc1c(F)cc(Br)cc1F)C1CC1. The van der Waals surface area contributed by atoms with Crippen LogP contribution in [-0.4, -0.2) is 30.4 Å². The standard InChI is InChI=1S/C12H13BrF2N2O/c1-17(8-2-3-8)11(18)6-16-12-9(14)4-7(13)5-10(12)15/h4-5,8,16H,2-3,6H2,1H3. The maximum Gasteiger partial charge on any atom is 0.241 e. The van der Waals surface area contributed by atoms with E-state index in [0.29, 0.717) is 10.5 Å². The van der Waals surface area contributed by atoms with Crippen molar-refractivity contribution in [2.24, 2.45) is 0 Å². The first kappa shape index (κ1) is 13.3. The highest BCUT2D eigenvalue weighted by Gasteiger charge is 2.29. The number of amides is 1. The Morgan fingerprint density at radius 3 is 2.50 bits per heavy atom. The Bertz CT molecular complexity index is 454. The van der Waals surface area contributed by atoms with Gasteiger partial charge in [0, 0.05) is 17.6 Å². The fourth-order valence-electron chi connectivity index (χ4n) is 1.67. The number of nitrogens with zero attached hydrogens (tertiary/aromatic N) is 1. The first-order valence-electron chi connectivity index (χ1n) is 5.63. The van der Waals surface area contributed by atoms with E-state index in [9.17, 15) is 13.6 Å². The van der Waals surface area contributed by atoms with Crippen LogP contribution in [0.2, 0.25) is 0 Å². The Balaban J connectivity index is 1.99. The van der Waals surface area contributed by atoms with Crippen molar-refractivity contribution in [1.29, 1.82) is 0 Å². The van der Waals surface area contributed by atoms with Crippen LogP contribution in [0.15, 0.2) is 16.6 Å². The summed E-state index contributed by atoms with van der Waals surface area (Å²) < 4.78 is 27.3. The third-order valence-corrected chi connectivity index (χ3v) is 3.37. The molecule has 1 N–H and O–H groups in total. The molecule has 0 aliphatic heterocycles. The van der Waals surface area contributed by atoms with Gasteiger partial charge in [-0.15, -0.1) is 0 Å². The van der Waals surface area contributed by atoms with Crippen LogP contribution >= 0.6 is 15.9 Å². The van der Waals surface area contributed by atoms with Gasteiger partial charge in [0.15, 0.2) is 0 Å². The van der Waals surface area contributed by atoms with E-state index < -0.39 is 11.6 Å². The molecule has 0 spiro atoms. The summed E-state index contributed by atoms with van der Waals surface area (Å²) >= 11 is 2.99. The van der Waals surface area contributed by atoms with Crippen LogP contribution in [0.1, 0.15) is 12.8 Å². The summed E-state index contributed by atoms with van der Waals surface area (Å²) in [6.45, 7) is -0.109. The van der Waals surface area contributed by atoms with E-state index in [4.69, 9.17) is 0 Å². The van der Waals surface area contributed by atoms with Crippen LogP contribution in [0.4, 0.5) is 14.5 Å². The molecule has 1 saturated carbocycles. The van der Waals surface area contributed by atoms with Crippen LogP contribution in [-0.2, 0) is 4.79 Å². The van der Waals surface area contributed by atoms with Crippen molar-refractivity contribution in [3.05, 3.63) is 28.2 Å². The Kier molecular flexibility index (Phi) is 3.85. The zero-order valence-electron chi connectivity index (χ0n) is 9.84. The molecule has 0 aromatic heterocycles. The fraction of sp³-hybridized carbons (Fsp3) is 0.417. The van der Waals surface area contributed by atoms with E-state index in [2.05, 4.69) is 21.2 Å². The molecule has 2 rings (SSSR count). The molecule has 3 nitrogen and oxygen atoms in total. The second kappa shape index (κ2) is 5.22.